The van der Waals surface area contributed by atoms with Gasteiger partial charge in [-0.25, -0.2) is 4.39 Å². The van der Waals surface area contributed by atoms with E-state index in [-0.39, 0.29) is 17.6 Å². The summed E-state index contributed by atoms with van der Waals surface area (Å²) in [4.78, 5) is 13.6. The van der Waals surface area contributed by atoms with Gasteiger partial charge in [0.2, 0.25) is 5.91 Å². The summed E-state index contributed by atoms with van der Waals surface area (Å²) < 4.78 is 13.1. The number of rotatable bonds is 6. The first-order valence-electron chi connectivity index (χ1n) is 6.57. The summed E-state index contributed by atoms with van der Waals surface area (Å²) in [5.41, 5.74) is 0.831. The summed E-state index contributed by atoms with van der Waals surface area (Å²) in [6.07, 6.45) is 0.506. The van der Waals surface area contributed by atoms with Crippen LogP contribution in [0, 0.1) is 5.82 Å². The third kappa shape index (κ3) is 5.39. The molecule has 0 aliphatic heterocycles. The molecular weight excluding hydrogens is 245 g/mol. The lowest BCUT2D eigenvalue weighted by molar-refractivity contribution is -0.130. The second-order valence-electron chi connectivity index (χ2n) is 5.11. The smallest absolute Gasteiger partial charge is 0.222 e. The lowest BCUT2D eigenvalue weighted by atomic mass is 9.97. The van der Waals surface area contributed by atoms with Crippen LogP contribution in [-0.4, -0.2) is 35.6 Å². The van der Waals surface area contributed by atoms with Gasteiger partial charge in [-0.3, -0.25) is 4.79 Å². The molecule has 4 heteroatoms. The van der Waals surface area contributed by atoms with E-state index < -0.39 is 6.10 Å². The van der Waals surface area contributed by atoms with E-state index >= 15 is 0 Å². The summed E-state index contributed by atoms with van der Waals surface area (Å²) in [5.74, 6) is -0.283. The van der Waals surface area contributed by atoms with E-state index in [1.165, 1.54) is 12.1 Å². The number of nitrogens with zero attached hydrogens (tertiary/aromatic N) is 1. The molecule has 0 saturated heterocycles. The van der Waals surface area contributed by atoms with Crippen molar-refractivity contribution in [3.8, 4) is 0 Å². The van der Waals surface area contributed by atoms with Crippen LogP contribution in [-0.2, 0) is 4.79 Å². The fraction of sp³-hybridized carbons (Fsp3) is 0.533. The number of hydrogen-bond donors (Lipinski definition) is 1. The third-order valence-electron chi connectivity index (χ3n) is 3.21. The maximum atomic E-state index is 13.1. The SMILES string of the molecule is CC(O)CCN(C)C(=O)CC(C)c1cccc(F)c1. The Bertz CT molecular complexity index is 420. The molecule has 2 unspecified atom stereocenters. The van der Waals surface area contributed by atoms with Gasteiger partial charge < -0.3 is 10.0 Å². The molecule has 2 atom stereocenters. The second kappa shape index (κ2) is 7.24. The Morgan fingerprint density at radius 3 is 2.68 bits per heavy atom. The highest BCUT2D eigenvalue weighted by molar-refractivity contribution is 5.76. The largest absolute Gasteiger partial charge is 0.393 e. The van der Waals surface area contributed by atoms with Crippen molar-refractivity contribution in [1.29, 1.82) is 0 Å². The monoisotopic (exact) mass is 267 g/mol. The normalized spacial score (nSPS) is 13.9. The minimum Gasteiger partial charge on any atom is -0.393 e. The number of benzene rings is 1. The van der Waals surface area contributed by atoms with Crippen molar-refractivity contribution in [3.63, 3.8) is 0 Å². The Morgan fingerprint density at radius 1 is 1.42 bits per heavy atom. The van der Waals surface area contributed by atoms with Crippen molar-refractivity contribution in [2.24, 2.45) is 0 Å². The number of halogens is 1. The molecule has 0 radical (unpaired) electrons. The molecule has 0 aliphatic carbocycles. The molecular formula is C15H22FNO2. The minimum absolute atomic E-state index is 0.0115. The average Bonchev–Trinajstić information content (AvgIpc) is 2.35. The highest BCUT2D eigenvalue weighted by Crippen LogP contribution is 2.20. The van der Waals surface area contributed by atoms with Crippen molar-refractivity contribution < 1.29 is 14.3 Å². The van der Waals surface area contributed by atoms with Gasteiger partial charge in [0.05, 0.1) is 6.10 Å². The standard InChI is InChI=1S/C15H22FNO2/c1-11(13-5-4-6-14(16)10-13)9-15(19)17(3)8-7-12(2)18/h4-6,10-12,18H,7-9H2,1-3H3. The quantitative estimate of drug-likeness (QED) is 0.860. The van der Waals surface area contributed by atoms with E-state index in [1.807, 2.05) is 13.0 Å². The minimum atomic E-state index is -0.407. The van der Waals surface area contributed by atoms with Crippen molar-refractivity contribution in [2.45, 2.75) is 38.7 Å². The molecule has 0 heterocycles. The fourth-order valence-corrected chi connectivity index (χ4v) is 1.85. The van der Waals surface area contributed by atoms with Gasteiger partial charge in [-0.2, -0.15) is 0 Å². The molecule has 1 N–H and O–H groups in total. The highest BCUT2D eigenvalue weighted by atomic mass is 19.1. The van der Waals surface area contributed by atoms with Crippen molar-refractivity contribution >= 4 is 5.91 Å². The molecule has 1 amide bonds. The summed E-state index contributed by atoms with van der Waals surface area (Å²) in [6, 6.07) is 6.35. The van der Waals surface area contributed by atoms with E-state index in [4.69, 9.17) is 0 Å². The number of carbonyl (C=O) groups excluding carboxylic acids is 1. The Labute approximate surface area is 114 Å². The van der Waals surface area contributed by atoms with E-state index in [9.17, 15) is 14.3 Å². The summed E-state index contributed by atoms with van der Waals surface area (Å²) in [5, 5.41) is 9.19. The maximum Gasteiger partial charge on any atom is 0.222 e. The van der Waals surface area contributed by atoms with Gasteiger partial charge in [0.15, 0.2) is 0 Å². The Morgan fingerprint density at radius 2 is 2.11 bits per heavy atom. The van der Waals surface area contributed by atoms with Gasteiger partial charge in [0, 0.05) is 20.0 Å². The van der Waals surface area contributed by atoms with E-state index in [2.05, 4.69) is 0 Å². The summed E-state index contributed by atoms with van der Waals surface area (Å²) in [6.45, 7) is 4.15. The van der Waals surface area contributed by atoms with Crippen LogP contribution in [0.4, 0.5) is 4.39 Å². The topological polar surface area (TPSA) is 40.5 Å². The number of aliphatic hydroxyl groups excluding tert-OH is 1. The van der Waals surface area contributed by atoms with Crippen LogP contribution in [0.25, 0.3) is 0 Å². The van der Waals surface area contributed by atoms with Gasteiger partial charge in [-0.1, -0.05) is 19.1 Å². The molecule has 0 bridgehead atoms. The zero-order valence-electron chi connectivity index (χ0n) is 11.8. The average molecular weight is 267 g/mol. The zero-order chi connectivity index (χ0) is 14.4. The maximum absolute atomic E-state index is 13.1. The number of hydrogen-bond acceptors (Lipinski definition) is 2. The van der Waals surface area contributed by atoms with E-state index in [0.29, 0.717) is 19.4 Å². The van der Waals surface area contributed by atoms with Crippen LogP contribution in [0.15, 0.2) is 24.3 Å². The predicted octanol–water partition coefficient (Wildman–Crippen LogP) is 2.55. The fourth-order valence-electron chi connectivity index (χ4n) is 1.85. The summed E-state index contributed by atoms with van der Waals surface area (Å²) >= 11 is 0. The molecule has 1 rings (SSSR count). The molecule has 19 heavy (non-hydrogen) atoms. The van der Waals surface area contributed by atoms with Crippen molar-refractivity contribution in [1.82, 2.24) is 4.90 Å². The second-order valence-corrected chi connectivity index (χ2v) is 5.11. The lowest BCUT2D eigenvalue weighted by Crippen LogP contribution is -2.30. The molecule has 0 spiro atoms. The van der Waals surface area contributed by atoms with Gasteiger partial charge in [0.25, 0.3) is 0 Å². The van der Waals surface area contributed by atoms with Gasteiger partial charge >= 0.3 is 0 Å². The number of carbonyl (C=O) groups is 1. The van der Waals surface area contributed by atoms with Crippen molar-refractivity contribution in [3.05, 3.63) is 35.6 Å². The van der Waals surface area contributed by atoms with E-state index in [0.717, 1.165) is 5.56 Å². The first kappa shape index (κ1) is 15.6. The van der Waals surface area contributed by atoms with Crippen LogP contribution in [0.2, 0.25) is 0 Å². The van der Waals surface area contributed by atoms with Crippen LogP contribution in [0.3, 0.4) is 0 Å². The van der Waals surface area contributed by atoms with Crippen molar-refractivity contribution in [2.75, 3.05) is 13.6 Å². The Hall–Kier alpha value is -1.42. The molecule has 0 fully saturated rings. The van der Waals surface area contributed by atoms with E-state index in [1.54, 1.807) is 24.9 Å². The van der Waals surface area contributed by atoms with Gasteiger partial charge in [0.1, 0.15) is 5.82 Å². The molecule has 1 aromatic carbocycles. The summed E-state index contributed by atoms with van der Waals surface area (Å²) in [7, 11) is 1.73. The van der Waals surface area contributed by atoms with Gasteiger partial charge in [-0.15, -0.1) is 0 Å². The molecule has 106 valence electrons. The van der Waals surface area contributed by atoms with Crippen LogP contribution in [0.5, 0.6) is 0 Å². The first-order valence-corrected chi connectivity index (χ1v) is 6.57. The zero-order valence-corrected chi connectivity index (χ0v) is 11.8. The van der Waals surface area contributed by atoms with Crippen LogP contribution >= 0.6 is 0 Å². The third-order valence-corrected chi connectivity index (χ3v) is 3.21. The molecule has 0 aliphatic rings. The predicted molar refractivity (Wildman–Crippen MR) is 73.4 cm³/mol. The van der Waals surface area contributed by atoms with Crippen LogP contribution in [0.1, 0.15) is 38.2 Å². The first-order chi connectivity index (χ1) is 8.90. The Balaban J connectivity index is 2.52. The van der Waals surface area contributed by atoms with Crippen LogP contribution < -0.4 is 0 Å². The number of aliphatic hydroxyl groups is 1. The molecule has 3 nitrogen and oxygen atoms in total. The highest BCUT2D eigenvalue weighted by Gasteiger charge is 2.15. The molecule has 0 saturated carbocycles. The molecule has 1 aromatic rings. The molecule has 0 aromatic heterocycles. The number of amides is 1. The lowest BCUT2D eigenvalue weighted by Gasteiger charge is -2.20. The Kier molecular flexibility index (Phi) is 5.96. The van der Waals surface area contributed by atoms with Gasteiger partial charge in [-0.05, 0) is 37.0 Å².